The van der Waals surface area contributed by atoms with Gasteiger partial charge in [0.15, 0.2) is 0 Å². The van der Waals surface area contributed by atoms with Crippen LogP contribution in [0.2, 0.25) is 0 Å². The van der Waals surface area contributed by atoms with Gasteiger partial charge in [0.1, 0.15) is 11.3 Å². The fraction of sp³-hybridized carbons (Fsp3) is 0.353. The molecule has 0 radical (unpaired) electrons. The van der Waals surface area contributed by atoms with E-state index in [1.165, 1.54) is 16.2 Å². The summed E-state index contributed by atoms with van der Waals surface area (Å²) in [7, 11) is 1.59. The number of aromatic nitrogens is 1. The SMILES string of the molecule is CC[C@]1(c2ccc(OC)cc2)NC(=O)N(Cc2cnc(C)s2)C1=O. The Balaban J connectivity index is 1.91. The zero-order valence-corrected chi connectivity index (χ0v) is 14.6. The van der Waals surface area contributed by atoms with Gasteiger partial charge in [-0.15, -0.1) is 11.3 Å². The van der Waals surface area contributed by atoms with E-state index in [1.54, 1.807) is 25.4 Å². The van der Waals surface area contributed by atoms with E-state index >= 15 is 0 Å². The van der Waals surface area contributed by atoms with Gasteiger partial charge < -0.3 is 10.1 Å². The molecule has 1 aliphatic heterocycles. The highest BCUT2D eigenvalue weighted by Gasteiger charge is 2.51. The molecule has 1 fully saturated rings. The number of carbonyl (C=O) groups excluding carboxylic acids is 2. The summed E-state index contributed by atoms with van der Waals surface area (Å²) in [6, 6.07) is 6.86. The summed E-state index contributed by atoms with van der Waals surface area (Å²) < 4.78 is 5.16. The van der Waals surface area contributed by atoms with Crippen molar-refractivity contribution in [3.63, 3.8) is 0 Å². The summed E-state index contributed by atoms with van der Waals surface area (Å²) >= 11 is 1.49. The van der Waals surface area contributed by atoms with Crippen LogP contribution in [0.25, 0.3) is 0 Å². The lowest BCUT2D eigenvalue weighted by Gasteiger charge is -2.25. The summed E-state index contributed by atoms with van der Waals surface area (Å²) in [6.07, 6.45) is 2.18. The molecule has 2 aromatic rings. The molecule has 0 unspecified atom stereocenters. The standard InChI is InChI=1S/C17H19N3O3S/c1-4-17(12-5-7-13(23-3)8-6-12)15(21)20(16(22)19-17)10-14-9-18-11(2)24-14/h5-9H,4,10H2,1-3H3,(H,19,22)/t17-/m1/s1. The maximum Gasteiger partial charge on any atom is 0.325 e. The molecular weight excluding hydrogens is 326 g/mol. The number of amides is 3. The fourth-order valence-electron chi connectivity index (χ4n) is 2.92. The molecule has 0 saturated carbocycles. The van der Waals surface area contributed by atoms with E-state index in [2.05, 4.69) is 10.3 Å². The zero-order valence-electron chi connectivity index (χ0n) is 13.8. The predicted octanol–water partition coefficient (Wildman–Crippen LogP) is 2.82. The Morgan fingerprint density at radius 3 is 2.54 bits per heavy atom. The molecule has 1 saturated heterocycles. The molecule has 24 heavy (non-hydrogen) atoms. The molecule has 3 amide bonds. The van der Waals surface area contributed by atoms with E-state index in [4.69, 9.17) is 4.74 Å². The molecule has 1 aromatic carbocycles. The highest BCUT2D eigenvalue weighted by atomic mass is 32.1. The Hall–Kier alpha value is -2.41. The number of thiazole rings is 1. The molecule has 2 heterocycles. The van der Waals surface area contributed by atoms with Crippen LogP contribution in [0.15, 0.2) is 30.5 Å². The van der Waals surface area contributed by atoms with Gasteiger partial charge >= 0.3 is 6.03 Å². The second-order valence-electron chi connectivity index (χ2n) is 5.65. The molecule has 7 heteroatoms. The lowest BCUT2D eigenvalue weighted by molar-refractivity contribution is -0.132. The van der Waals surface area contributed by atoms with Gasteiger partial charge in [-0.25, -0.2) is 9.78 Å². The second-order valence-corrected chi connectivity index (χ2v) is 6.97. The van der Waals surface area contributed by atoms with Crippen molar-refractivity contribution in [3.05, 3.63) is 45.9 Å². The minimum absolute atomic E-state index is 0.230. The smallest absolute Gasteiger partial charge is 0.325 e. The van der Waals surface area contributed by atoms with Crippen LogP contribution in [0.1, 0.15) is 28.8 Å². The molecule has 0 spiro atoms. The van der Waals surface area contributed by atoms with Gasteiger partial charge in [0.2, 0.25) is 0 Å². The van der Waals surface area contributed by atoms with E-state index in [0.29, 0.717) is 12.2 Å². The number of hydrogen-bond donors (Lipinski definition) is 1. The Bertz CT molecular complexity index is 772. The highest BCUT2D eigenvalue weighted by molar-refractivity contribution is 7.11. The molecule has 6 nitrogen and oxygen atoms in total. The van der Waals surface area contributed by atoms with Gasteiger partial charge in [-0.3, -0.25) is 9.69 Å². The van der Waals surface area contributed by atoms with Crippen molar-refractivity contribution < 1.29 is 14.3 Å². The third-order valence-electron chi connectivity index (χ3n) is 4.27. The molecule has 3 rings (SSSR count). The van der Waals surface area contributed by atoms with E-state index in [-0.39, 0.29) is 18.5 Å². The first-order valence-corrected chi connectivity index (χ1v) is 8.51. The van der Waals surface area contributed by atoms with Crippen molar-refractivity contribution in [1.82, 2.24) is 15.2 Å². The number of ether oxygens (including phenoxy) is 1. The number of carbonyl (C=O) groups is 2. The fourth-order valence-corrected chi connectivity index (χ4v) is 3.70. The molecule has 1 atom stereocenters. The Morgan fingerprint density at radius 1 is 1.29 bits per heavy atom. The number of imide groups is 1. The lowest BCUT2D eigenvalue weighted by Crippen LogP contribution is -2.43. The van der Waals surface area contributed by atoms with Crippen LogP contribution >= 0.6 is 11.3 Å². The van der Waals surface area contributed by atoms with Crippen LogP contribution in [0.4, 0.5) is 4.79 Å². The molecule has 1 aromatic heterocycles. The summed E-state index contributed by atoms with van der Waals surface area (Å²) in [5.74, 6) is 0.477. The molecular formula is C17H19N3O3S. The molecule has 1 N–H and O–H groups in total. The van der Waals surface area contributed by atoms with Crippen molar-refractivity contribution in [2.24, 2.45) is 0 Å². The van der Waals surface area contributed by atoms with Crippen LogP contribution < -0.4 is 10.1 Å². The quantitative estimate of drug-likeness (QED) is 0.846. The number of nitrogens with zero attached hydrogens (tertiary/aromatic N) is 2. The first-order chi connectivity index (χ1) is 11.5. The van der Waals surface area contributed by atoms with Crippen molar-refractivity contribution in [2.75, 3.05) is 7.11 Å². The molecule has 1 aliphatic rings. The summed E-state index contributed by atoms with van der Waals surface area (Å²) in [5, 5.41) is 3.79. The summed E-state index contributed by atoms with van der Waals surface area (Å²) in [4.78, 5) is 31.8. The van der Waals surface area contributed by atoms with Crippen LogP contribution in [0.3, 0.4) is 0 Å². The van der Waals surface area contributed by atoms with Crippen molar-refractivity contribution in [3.8, 4) is 5.75 Å². The van der Waals surface area contributed by atoms with Gasteiger partial charge in [0.25, 0.3) is 5.91 Å². The molecule has 126 valence electrons. The minimum Gasteiger partial charge on any atom is -0.497 e. The van der Waals surface area contributed by atoms with Crippen molar-refractivity contribution in [2.45, 2.75) is 32.4 Å². The number of nitrogens with one attached hydrogen (secondary N) is 1. The topological polar surface area (TPSA) is 71.5 Å². The van der Waals surface area contributed by atoms with Crippen molar-refractivity contribution >= 4 is 23.3 Å². The minimum atomic E-state index is -1.02. The van der Waals surface area contributed by atoms with Gasteiger partial charge in [-0.2, -0.15) is 0 Å². The molecule has 0 aliphatic carbocycles. The van der Waals surface area contributed by atoms with Crippen LogP contribution in [0.5, 0.6) is 5.75 Å². The number of aryl methyl sites for hydroxylation is 1. The normalized spacial score (nSPS) is 20.4. The Morgan fingerprint density at radius 2 is 2.00 bits per heavy atom. The van der Waals surface area contributed by atoms with Gasteiger partial charge in [0.05, 0.1) is 18.7 Å². The van der Waals surface area contributed by atoms with E-state index in [0.717, 1.165) is 15.4 Å². The van der Waals surface area contributed by atoms with E-state index in [9.17, 15) is 9.59 Å². The maximum absolute atomic E-state index is 13.0. The number of urea groups is 1. The number of hydrogen-bond acceptors (Lipinski definition) is 5. The Kier molecular flexibility index (Phi) is 4.28. The first kappa shape index (κ1) is 16.4. The average Bonchev–Trinajstić information content (AvgIpc) is 3.11. The van der Waals surface area contributed by atoms with E-state index < -0.39 is 5.54 Å². The number of rotatable bonds is 5. The number of benzene rings is 1. The highest BCUT2D eigenvalue weighted by Crippen LogP contribution is 2.34. The maximum atomic E-state index is 13.0. The van der Waals surface area contributed by atoms with Crippen LogP contribution in [0, 0.1) is 6.92 Å². The second kappa shape index (κ2) is 6.24. The largest absolute Gasteiger partial charge is 0.497 e. The lowest BCUT2D eigenvalue weighted by atomic mass is 9.87. The monoisotopic (exact) mass is 345 g/mol. The third-order valence-corrected chi connectivity index (χ3v) is 5.17. The predicted molar refractivity (Wildman–Crippen MR) is 90.9 cm³/mol. The third kappa shape index (κ3) is 2.65. The summed E-state index contributed by atoms with van der Waals surface area (Å²) in [5.41, 5.74) is -0.268. The zero-order chi connectivity index (χ0) is 17.3. The van der Waals surface area contributed by atoms with E-state index in [1.807, 2.05) is 26.0 Å². The number of methoxy groups -OCH3 is 1. The van der Waals surface area contributed by atoms with Gasteiger partial charge in [-0.05, 0) is 31.0 Å². The molecule has 0 bridgehead atoms. The first-order valence-electron chi connectivity index (χ1n) is 7.70. The van der Waals surface area contributed by atoms with Crippen LogP contribution in [-0.4, -0.2) is 28.9 Å². The van der Waals surface area contributed by atoms with Gasteiger partial charge in [-0.1, -0.05) is 19.1 Å². The van der Waals surface area contributed by atoms with Crippen LogP contribution in [-0.2, 0) is 16.9 Å². The van der Waals surface area contributed by atoms with Crippen molar-refractivity contribution in [1.29, 1.82) is 0 Å². The Labute approximate surface area is 144 Å². The van der Waals surface area contributed by atoms with Gasteiger partial charge in [0, 0.05) is 11.1 Å². The average molecular weight is 345 g/mol. The summed E-state index contributed by atoms with van der Waals surface area (Å²) in [6.45, 7) is 4.03.